The Bertz CT molecular complexity index is 757. The highest BCUT2D eigenvalue weighted by Crippen LogP contribution is 2.25. The molecule has 1 unspecified atom stereocenters. The number of nitrogens with zero attached hydrogens (tertiary/aromatic N) is 1. The Labute approximate surface area is 131 Å². The number of hydrogen-bond donors (Lipinski definition) is 1. The van der Waals surface area contributed by atoms with E-state index in [0.29, 0.717) is 30.0 Å². The number of rotatable bonds is 6. The summed E-state index contributed by atoms with van der Waals surface area (Å²) in [6.07, 6.45) is 0.630. The van der Waals surface area contributed by atoms with Crippen molar-refractivity contribution in [2.24, 2.45) is 5.92 Å². The predicted molar refractivity (Wildman–Crippen MR) is 85.2 cm³/mol. The maximum Gasteiger partial charge on any atom is 0.243 e. The fourth-order valence-corrected chi connectivity index (χ4v) is 4.80. The van der Waals surface area contributed by atoms with Crippen LogP contribution in [-0.2, 0) is 20.0 Å². The third kappa shape index (κ3) is 3.75. The number of nitrogens with one attached hydrogen (secondary N) is 1. The van der Waals surface area contributed by atoms with Crippen LogP contribution in [0.15, 0.2) is 41.1 Å². The van der Waals surface area contributed by atoms with Gasteiger partial charge in [-0.2, -0.15) is 4.31 Å². The van der Waals surface area contributed by atoms with Crippen molar-refractivity contribution in [2.45, 2.75) is 18.2 Å². The zero-order valence-corrected chi connectivity index (χ0v) is 14.0. The van der Waals surface area contributed by atoms with Gasteiger partial charge in [0.15, 0.2) is 0 Å². The number of benzene rings is 1. The topological polar surface area (TPSA) is 83.6 Å². The van der Waals surface area contributed by atoms with Gasteiger partial charge in [-0.15, -0.1) is 0 Å². The highest BCUT2D eigenvalue weighted by Gasteiger charge is 2.33. The van der Waals surface area contributed by atoms with Crippen LogP contribution < -0.4 is 4.72 Å². The third-order valence-electron chi connectivity index (χ3n) is 3.75. The molecule has 1 aromatic carbocycles. The Hall–Kier alpha value is -1.22. The van der Waals surface area contributed by atoms with Gasteiger partial charge in [0.05, 0.1) is 4.90 Å². The minimum absolute atomic E-state index is 0.0338. The van der Waals surface area contributed by atoms with Crippen molar-refractivity contribution in [1.29, 1.82) is 0 Å². The average molecular weight is 344 g/mol. The summed E-state index contributed by atoms with van der Waals surface area (Å²) in [6, 6.07) is 6.86. The van der Waals surface area contributed by atoms with Gasteiger partial charge in [0.2, 0.25) is 20.0 Å². The molecule has 8 heteroatoms. The maximum absolute atomic E-state index is 12.6. The molecular formula is C14H20N2O4S2. The van der Waals surface area contributed by atoms with Crippen LogP contribution in [0.3, 0.4) is 0 Å². The lowest BCUT2D eigenvalue weighted by molar-refractivity contribution is 0.454. The number of aryl methyl sites for hydroxylation is 1. The minimum Gasteiger partial charge on any atom is -0.211 e. The van der Waals surface area contributed by atoms with E-state index in [4.69, 9.17) is 0 Å². The zero-order valence-electron chi connectivity index (χ0n) is 12.4. The minimum atomic E-state index is -3.53. The summed E-state index contributed by atoms with van der Waals surface area (Å²) in [7, 11) is -7.00. The molecule has 0 aliphatic carbocycles. The van der Waals surface area contributed by atoms with E-state index in [1.807, 2.05) is 0 Å². The summed E-state index contributed by atoms with van der Waals surface area (Å²) >= 11 is 0. The van der Waals surface area contributed by atoms with Gasteiger partial charge < -0.3 is 0 Å². The molecule has 22 heavy (non-hydrogen) atoms. The molecule has 0 spiro atoms. The Kier molecular flexibility index (Phi) is 5.06. The van der Waals surface area contributed by atoms with Crippen LogP contribution in [-0.4, -0.2) is 40.8 Å². The second-order valence-electron chi connectivity index (χ2n) is 5.34. The summed E-state index contributed by atoms with van der Waals surface area (Å²) in [5.74, 6) is -0.0338. The Morgan fingerprint density at radius 2 is 2.00 bits per heavy atom. The summed E-state index contributed by atoms with van der Waals surface area (Å²) in [4.78, 5) is 0.308. The number of sulfonamides is 2. The first-order chi connectivity index (χ1) is 10.3. The van der Waals surface area contributed by atoms with Crippen LogP contribution in [0.4, 0.5) is 0 Å². The van der Waals surface area contributed by atoms with E-state index >= 15 is 0 Å². The molecule has 1 saturated heterocycles. The quantitative estimate of drug-likeness (QED) is 0.837. The van der Waals surface area contributed by atoms with Crippen LogP contribution >= 0.6 is 0 Å². The van der Waals surface area contributed by atoms with Crippen LogP contribution in [0.5, 0.6) is 0 Å². The molecule has 0 amide bonds. The van der Waals surface area contributed by atoms with Gasteiger partial charge in [0.1, 0.15) is 0 Å². The summed E-state index contributed by atoms with van der Waals surface area (Å²) in [5.41, 5.74) is 0.707. The molecule has 122 valence electrons. The molecule has 1 fully saturated rings. The molecule has 1 atom stereocenters. The van der Waals surface area contributed by atoms with E-state index in [0.717, 1.165) is 5.41 Å². The fraction of sp³-hybridized carbons (Fsp3) is 0.429. The van der Waals surface area contributed by atoms with E-state index in [1.54, 1.807) is 31.2 Å². The van der Waals surface area contributed by atoms with E-state index in [9.17, 15) is 16.8 Å². The van der Waals surface area contributed by atoms with Crippen LogP contribution in [0.25, 0.3) is 0 Å². The third-order valence-corrected chi connectivity index (χ3v) is 6.79. The smallest absolute Gasteiger partial charge is 0.211 e. The van der Waals surface area contributed by atoms with E-state index in [1.165, 1.54) is 4.31 Å². The van der Waals surface area contributed by atoms with Crippen molar-refractivity contribution in [2.75, 3.05) is 19.6 Å². The molecule has 6 nitrogen and oxygen atoms in total. The van der Waals surface area contributed by atoms with Crippen LogP contribution in [0.1, 0.15) is 12.0 Å². The lowest BCUT2D eigenvalue weighted by Gasteiger charge is -2.18. The molecule has 1 aliphatic heterocycles. The molecule has 1 aliphatic rings. The standard InChI is InChI=1S/C14H20N2O4S2/c1-3-21(17,18)15-10-13-8-9-16(11-13)22(19,20)14-7-5-4-6-12(14)2/h3-7,13,15H,1,8-11H2,2H3. The van der Waals surface area contributed by atoms with Crippen LogP contribution in [0.2, 0.25) is 0 Å². The van der Waals surface area contributed by atoms with Gasteiger partial charge in [-0.25, -0.2) is 21.6 Å². The van der Waals surface area contributed by atoms with E-state index < -0.39 is 20.0 Å². The van der Waals surface area contributed by atoms with Gasteiger partial charge >= 0.3 is 0 Å². The summed E-state index contributed by atoms with van der Waals surface area (Å²) in [6.45, 7) is 5.92. The van der Waals surface area contributed by atoms with Crippen molar-refractivity contribution >= 4 is 20.0 Å². The molecule has 0 aromatic heterocycles. The Morgan fingerprint density at radius 1 is 1.32 bits per heavy atom. The van der Waals surface area contributed by atoms with Gasteiger partial charge in [-0.3, -0.25) is 0 Å². The molecular weight excluding hydrogens is 324 g/mol. The molecule has 1 N–H and O–H groups in total. The first-order valence-electron chi connectivity index (χ1n) is 6.94. The Balaban J connectivity index is 2.07. The Morgan fingerprint density at radius 3 is 2.64 bits per heavy atom. The second-order valence-corrected chi connectivity index (χ2v) is 8.96. The lowest BCUT2D eigenvalue weighted by Crippen LogP contribution is -2.32. The van der Waals surface area contributed by atoms with Crippen molar-refractivity contribution in [3.63, 3.8) is 0 Å². The first kappa shape index (κ1) is 17.1. The van der Waals surface area contributed by atoms with E-state index in [2.05, 4.69) is 11.3 Å². The van der Waals surface area contributed by atoms with Crippen LogP contribution in [0, 0.1) is 12.8 Å². The fourth-order valence-electron chi connectivity index (χ4n) is 2.46. The van der Waals surface area contributed by atoms with Crippen molar-refractivity contribution < 1.29 is 16.8 Å². The largest absolute Gasteiger partial charge is 0.243 e. The second kappa shape index (κ2) is 6.49. The monoisotopic (exact) mass is 344 g/mol. The van der Waals surface area contributed by atoms with Crippen molar-refractivity contribution in [1.82, 2.24) is 9.03 Å². The summed E-state index contributed by atoms with van der Waals surface area (Å²) < 4.78 is 51.8. The number of hydrogen-bond acceptors (Lipinski definition) is 4. The highest BCUT2D eigenvalue weighted by molar-refractivity contribution is 7.92. The van der Waals surface area contributed by atoms with E-state index in [-0.39, 0.29) is 12.5 Å². The molecule has 2 rings (SSSR count). The molecule has 1 heterocycles. The maximum atomic E-state index is 12.6. The molecule has 0 saturated carbocycles. The van der Waals surface area contributed by atoms with Crippen molar-refractivity contribution in [3.8, 4) is 0 Å². The molecule has 1 aromatic rings. The normalized spacial score (nSPS) is 20.1. The van der Waals surface area contributed by atoms with Gasteiger partial charge in [0.25, 0.3) is 0 Å². The summed E-state index contributed by atoms with van der Waals surface area (Å²) in [5, 5.41) is 0.851. The first-order valence-corrected chi connectivity index (χ1v) is 9.93. The van der Waals surface area contributed by atoms with Gasteiger partial charge in [0, 0.05) is 25.0 Å². The predicted octanol–water partition coefficient (Wildman–Crippen LogP) is 1.07. The van der Waals surface area contributed by atoms with Gasteiger partial charge in [-0.1, -0.05) is 24.8 Å². The van der Waals surface area contributed by atoms with Gasteiger partial charge in [-0.05, 0) is 30.9 Å². The highest BCUT2D eigenvalue weighted by atomic mass is 32.2. The average Bonchev–Trinajstić information content (AvgIpc) is 2.95. The van der Waals surface area contributed by atoms with Crippen molar-refractivity contribution in [3.05, 3.63) is 41.8 Å². The lowest BCUT2D eigenvalue weighted by atomic mass is 10.1. The zero-order chi connectivity index (χ0) is 16.4. The molecule has 0 bridgehead atoms. The molecule has 0 radical (unpaired) electrons. The SMILES string of the molecule is C=CS(=O)(=O)NCC1CCN(S(=O)(=O)c2ccccc2C)C1.